The smallest absolute Gasteiger partial charge is 0.123 e. The third-order valence-electron chi connectivity index (χ3n) is 4.21. The first-order valence-electron chi connectivity index (χ1n) is 8.64. The second-order valence-electron chi connectivity index (χ2n) is 6.06. The molecule has 2 heterocycles. The molecule has 0 aliphatic heterocycles. The van der Waals surface area contributed by atoms with Gasteiger partial charge in [-0.1, -0.05) is 32.6 Å². The lowest BCUT2D eigenvalue weighted by Gasteiger charge is -2.07. The van der Waals surface area contributed by atoms with Gasteiger partial charge < -0.3 is 0 Å². The summed E-state index contributed by atoms with van der Waals surface area (Å²) in [6.07, 6.45) is 8.68. The summed E-state index contributed by atoms with van der Waals surface area (Å²) in [6, 6.07) is 10.3. The van der Waals surface area contributed by atoms with Gasteiger partial charge in [0.1, 0.15) is 17.7 Å². The molecule has 3 rings (SSSR count). The molecule has 0 fully saturated rings. The molecule has 0 saturated heterocycles. The molecular formula is C20H22FN3. The second-order valence-corrected chi connectivity index (χ2v) is 6.06. The van der Waals surface area contributed by atoms with Gasteiger partial charge in [0.05, 0.1) is 16.9 Å². The summed E-state index contributed by atoms with van der Waals surface area (Å²) in [4.78, 5) is 13.5. The van der Waals surface area contributed by atoms with Crippen molar-refractivity contribution < 1.29 is 4.39 Å². The minimum Gasteiger partial charge on any atom is -0.244 e. The van der Waals surface area contributed by atoms with E-state index in [1.165, 1.54) is 37.8 Å². The molecule has 0 spiro atoms. The number of hydrogen-bond acceptors (Lipinski definition) is 3. The van der Waals surface area contributed by atoms with Crippen molar-refractivity contribution in [3.8, 4) is 11.3 Å². The minimum atomic E-state index is -0.240. The third-order valence-corrected chi connectivity index (χ3v) is 4.21. The Balaban J connectivity index is 1.84. The third kappa shape index (κ3) is 3.94. The van der Waals surface area contributed by atoms with E-state index in [4.69, 9.17) is 4.98 Å². The van der Waals surface area contributed by atoms with E-state index in [1.54, 1.807) is 18.5 Å². The van der Waals surface area contributed by atoms with Crippen LogP contribution in [-0.2, 0) is 6.42 Å². The molecule has 0 radical (unpaired) electrons. The lowest BCUT2D eigenvalue weighted by molar-refractivity contribution is 0.628. The molecule has 0 saturated carbocycles. The zero-order chi connectivity index (χ0) is 16.8. The van der Waals surface area contributed by atoms with Gasteiger partial charge in [0, 0.05) is 5.56 Å². The van der Waals surface area contributed by atoms with E-state index in [9.17, 15) is 4.39 Å². The Morgan fingerprint density at radius 1 is 0.875 bits per heavy atom. The number of halogens is 1. The van der Waals surface area contributed by atoms with Gasteiger partial charge in [-0.3, -0.25) is 0 Å². The number of aromatic nitrogens is 3. The molecule has 0 N–H and O–H groups in total. The van der Waals surface area contributed by atoms with Crippen LogP contribution in [-0.4, -0.2) is 15.0 Å². The summed E-state index contributed by atoms with van der Waals surface area (Å²) < 4.78 is 13.1. The second kappa shape index (κ2) is 7.95. The fraction of sp³-hybridized carbons (Fsp3) is 0.350. The van der Waals surface area contributed by atoms with E-state index in [0.29, 0.717) is 0 Å². The molecule has 0 aliphatic carbocycles. The van der Waals surface area contributed by atoms with Crippen molar-refractivity contribution in [2.75, 3.05) is 0 Å². The van der Waals surface area contributed by atoms with E-state index >= 15 is 0 Å². The van der Waals surface area contributed by atoms with Gasteiger partial charge in [-0.15, -0.1) is 0 Å². The predicted molar refractivity (Wildman–Crippen MR) is 95.2 cm³/mol. The van der Waals surface area contributed by atoms with E-state index in [-0.39, 0.29) is 5.82 Å². The highest BCUT2D eigenvalue weighted by molar-refractivity contribution is 5.79. The van der Waals surface area contributed by atoms with Gasteiger partial charge in [0.15, 0.2) is 0 Å². The van der Waals surface area contributed by atoms with Crippen LogP contribution >= 0.6 is 0 Å². The summed E-state index contributed by atoms with van der Waals surface area (Å²) in [7, 11) is 0. The average molecular weight is 323 g/mol. The van der Waals surface area contributed by atoms with Crippen LogP contribution in [0.25, 0.3) is 22.3 Å². The Bertz CT molecular complexity index is 800. The Morgan fingerprint density at radius 2 is 1.67 bits per heavy atom. The summed E-state index contributed by atoms with van der Waals surface area (Å²) in [5.74, 6) is -0.240. The quantitative estimate of drug-likeness (QED) is 0.551. The van der Waals surface area contributed by atoms with E-state index in [2.05, 4.69) is 16.9 Å². The predicted octanol–water partition coefficient (Wildman–Crippen LogP) is 5.34. The number of hydrogen-bond donors (Lipinski definition) is 0. The standard InChI is InChI=1S/C20H22FN3/c1-2-3-4-5-6-7-18-20-19(23-14-22-18)13-12-17(24-20)15-8-10-16(21)11-9-15/h8-14H,2-7H2,1H3. The molecule has 0 unspecified atom stereocenters. The number of unbranched alkanes of at least 4 members (excludes halogenated alkanes) is 4. The van der Waals surface area contributed by atoms with Crippen LogP contribution in [0.4, 0.5) is 4.39 Å². The Kier molecular flexibility index (Phi) is 5.47. The molecule has 0 amide bonds. The average Bonchev–Trinajstić information content (AvgIpc) is 2.62. The van der Waals surface area contributed by atoms with Crippen LogP contribution in [0.5, 0.6) is 0 Å². The van der Waals surface area contributed by atoms with Crippen LogP contribution in [0.3, 0.4) is 0 Å². The van der Waals surface area contributed by atoms with Crippen LogP contribution in [0.15, 0.2) is 42.7 Å². The lowest BCUT2D eigenvalue weighted by Crippen LogP contribution is -1.97. The SMILES string of the molecule is CCCCCCCc1ncnc2ccc(-c3ccc(F)cc3)nc12. The molecule has 2 aromatic heterocycles. The van der Waals surface area contributed by atoms with Gasteiger partial charge >= 0.3 is 0 Å². The topological polar surface area (TPSA) is 38.7 Å². The van der Waals surface area contributed by atoms with E-state index < -0.39 is 0 Å². The van der Waals surface area contributed by atoms with E-state index in [1.807, 2.05) is 12.1 Å². The maximum Gasteiger partial charge on any atom is 0.123 e. The fourth-order valence-corrected chi connectivity index (χ4v) is 2.85. The first-order valence-corrected chi connectivity index (χ1v) is 8.64. The van der Waals surface area contributed by atoms with Crippen molar-refractivity contribution in [2.45, 2.75) is 45.4 Å². The monoisotopic (exact) mass is 323 g/mol. The highest BCUT2D eigenvalue weighted by Gasteiger charge is 2.08. The molecule has 124 valence electrons. The number of aryl methyl sites for hydroxylation is 1. The van der Waals surface area contributed by atoms with Crippen molar-refractivity contribution in [1.29, 1.82) is 0 Å². The lowest BCUT2D eigenvalue weighted by atomic mass is 10.1. The minimum absolute atomic E-state index is 0.240. The number of nitrogens with zero attached hydrogens (tertiary/aromatic N) is 3. The molecule has 4 heteroatoms. The van der Waals surface area contributed by atoms with Gasteiger partial charge in [-0.2, -0.15) is 0 Å². The summed E-state index contributed by atoms with van der Waals surface area (Å²) in [5, 5.41) is 0. The number of pyridine rings is 1. The zero-order valence-electron chi connectivity index (χ0n) is 14.0. The first kappa shape index (κ1) is 16.5. The molecule has 0 bridgehead atoms. The summed E-state index contributed by atoms with van der Waals surface area (Å²) in [6.45, 7) is 2.22. The van der Waals surface area contributed by atoms with Crippen molar-refractivity contribution in [2.24, 2.45) is 0 Å². The maximum absolute atomic E-state index is 13.1. The molecule has 0 aliphatic rings. The van der Waals surface area contributed by atoms with E-state index in [0.717, 1.165) is 40.8 Å². The van der Waals surface area contributed by atoms with Gasteiger partial charge in [-0.05, 0) is 49.2 Å². The molecule has 24 heavy (non-hydrogen) atoms. The maximum atomic E-state index is 13.1. The molecule has 3 aromatic rings. The molecule has 0 atom stereocenters. The van der Waals surface area contributed by atoms with Crippen molar-refractivity contribution in [1.82, 2.24) is 15.0 Å². The van der Waals surface area contributed by atoms with Crippen LogP contribution in [0.1, 0.15) is 44.7 Å². The highest BCUT2D eigenvalue weighted by atomic mass is 19.1. The summed E-state index contributed by atoms with van der Waals surface area (Å²) in [5.41, 5.74) is 4.44. The molecule has 3 nitrogen and oxygen atoms in total. The molecular weight excluding hydrogens is 301 g/mol. The van der Waals surface area contributed by atoms with Crippen molar-refractivity contribution >= 4 is 11.0 Å². The van der Waals surface area contributed by atoms with Crippen LogP contribution in [0, 0.1) is 5.82 Å². The normalized spacial score (nSPS) is 11.1. The highest BCUT2D eigenvalue weighted by Crippen LogP contribution is 2.22. The number of rotatable bonds is 7. The van der Waals surface area contributed by atoms with Crippen LogP contribution < -0.4 is 0 Å². The van der Waals surface area contributed by atoms with Gasteiger partial charge in [-0.25, -0.2) is 19.3 Å². The Hall–Kier alpha value is -2.36. The van der Waals surface area contributed by atoms with Crippen molar-refractivity contribution in [3.63, 3.8) is 0 Å². The number of fused-ring (bicyclic) bond motifs is 1. The van der Waals surface area contributed by atoms with Crippen LogP contribution in [0.2, 0.25) is 0 Å². The Labute approximate surface area is 142 Å². The van der Waals surface area contributed by atoms with Crippen molar-refractivity contribution in [3.05, 3.63) is 54.2 Å². The van der Waals surface area contributed by atoms with Gasteiger partial charge in [0.2, 0.25) is 0 Å². The van der Waals surface area contributed by atoms with Gasteiger partial charge in [0.25, 0.3) is 0 Å². The molecule has 1 aromatic carbocycles. The first-order chi connectivity index (χ1) is 11.8. The Morgan fingerprint density at radius 3 is 2.46 bits per heavy atom. The summed E-state index contributed by atoms with van der Waals surface area (Å²) >= 11 is 0. The largest absolute Gasteiger partial charge is 0.244 e. The fourth-order valence-electron chi connectivity index (χ4n) is 2.85. The zero-order valence-corrected chi connectivity index (χ0v) is 14.0. The number of benzene rings is 1.